The Balaban J connectivity index is 1.98. The van der Waals surface area contributed by atoms with Crippen LogP contribution in [0, 0.1) is 23.0 Å². The number of nitrogens with zero attached hydrogens (tertiary/aromatic N) is 2. The third-order valence-corrected chi connectivity index (χ3v) is 8.36. The maximum absolute atomic E-state index is 14.2. The minimum absolute atomic E-state index is 0.0206. The van der Waals surface area contributed by atoms with Crippen LogP contribution in [0.2, 0.25) is 0 Å². The van der Waals surface area contributed by atoms with Crippen LogP contribution in [0.15, 0.2) is 41.5 Å². The molecule has 4 N–H and O–H groups in total. The van der Waals surface area contributed by atoms with Gasteiger partial charge in [0, 0.05) is 63.2 Å². The Morgan fingerprint density at radius 2 is 1.81 bits per heavy atom. The number of rotatable bonds is 13. The lowest BCUT2D eigenvalue weighted by Crippen LogP contribution is -2.54. The number of carbonyl (C=O) groups is 3. The van der Waals surface area contributed by atoms with Gasteiger partial charge in [0.15, 0.2) is 0 Å². The van der Waals surface area contributed by atoms with Crippen LogP contribution >= 0.6 is 0 Å². The second-order valence-electron chi connectivity index (χ2n) is 11.8. The van der Waals surface area contributed by atoms with Crippen LogP contribution < -0.4 is 11.1 Å². The minimum Gasteiger partial charge on any atom is -0.391 e. The number of halogens is 2. The van der Waals surface area contributed by atoms with Gasteiger partial charge in [0.1, 0.15) is 11.6 Å². The summed E-state index contributed by atoms with van der Waals surface area (Å²) in [6.45, 7) is 9.63. The lowest BCUT2D eigenvalue weighted by atomic mass is 9.63. The van der Waals surface area contributed by atoms with Gasteiger partial charge in [0.25, 0.3) is 0 Å². The third kappa shape index (κ3) is 8.25. The van der Waals surface area contributed by atoms with Crippen LogP contribution in [0.25, 0.3) is 0 Å². The van der Waals surface area contributed by atoms with Crippen LogP contribution in [-0.4, -0.2) is 77.5 Å². The fourth-order valence-electron chi connectivity index (χ4n) is 6.42. The maximum atomic E-state index is 14.2. The molecule has 10 heteroatoms. The van der Waals surface area contributed by atoms with Crippen molar-refractivity contribution in [3.8, 4) is 0 Å². The predicted octanol–water partition coefficient (Wildman–Crippen LogP) is 3.48. The molecule has 8 nitrogen and oxygen atoms in total. The molecule has 1 saturated heterocycles. The van der Waals surface area contributed by atoms with Gasteiger partial charge in [-0.2, -0.15) is 0 Å². The van der Waals surface area contributed by atoms with E-state index in [2.05, 4.69) is 5.32 Å². The number of primary amides is 1. The van der Waals surface area contributed by atoms with E-state index < -0.39 is 35.0 Å². The molecule has 4 atom stereocenters. The van der Waals surface area contributed by atoms with E-state index in [1.807, 2.05) is 13.8 Å². The van der Waals surface area contributed by atoms with Crippen LogP contribution in [0.1, 0.15) is 65.4 Å². The normalized spacial score (nSPS) is 22.2. The molecule has 0 radical (unpaired) electrons. The summed E-state index contributed by atoms with van der Waals surface area (Å²) < 4.78 is 28.4. The molecule has 42 heavy (non-hydrogen) atoms. The third-order valence-electron chi connectivity index (χ3n) is 8.36. The summed E-state index contributed by atoms with van der Waals surface area (Å²) in [4.78, 5) is 42.5. The first-order valence-electron chi connectivity index (χ1n) is 15.0. The van der Waals surface area contributed by atoms with Gasteiger partial charge in [-0.25, -0.2) is 8.78 Å². The number of hydrogen-bond acceptors (Lipinski definition) is 5. The van der Waals surface area contributed by atoms with E-state index in [0.717, 1.165) is 31.7 Å². The molecule has 0 bridgehead atoms. The van der Waals surface area contributed by atoms with Crippen molar-refractivity contribution in [2.24, 2.45) is 17.1 Å². The van der Waals surface area contributed by atoms with Crippen molar-refractivity contribution in [1.82, 2.24) is 15.1 Å². The molecule has 2 aliphatic rings. The number of aliphatic hydroxyl groups is 1. The van der Waals surface area contributed by atoms with Gasteiger partial charge < -0.3 is 26.0 Å². The van der Waals surface area contributed by atoms with E-state index in [9.17, 15) is 28.3 Å². The molecule has 1 fully saturated rings. The summed E-state index contributed by atoms with van der Waals surface area (Å²) in [6, 6.07) is 3.07. The van der Waals surface area contributed by atoms with Gasteiger partial charge in [0.2, 0.25) is 17.7 Å². The fraction of sp³-hybridized carbons (Fsp3) is 0.594. The van der Waals surface area contributed by atoms with E-state index >= 15 is 0 Å². The Morgan fingerprint density at radius 3 is 2.38 bits per heavy atom. The van der Waals surface area contributed by atoms with E-state index in [0.29, 0.717) is 37.3 Å². The van der Waals surface area contributed by atoms with Crippen molar-refractivity contribution in [2.45, 2.75) is 78.4 Å². The molecule has 2 unspecified atom stereocenters. The molecule has 1 aromatic carbocycles. The number of allylic oxidation sites excluding steroid dienone is 2. The van der Waals surface area contributed by atoms with Crippen LogP contribution in [-0.2, 0) is 20.8 Å². The molecule has 0 spiro atoms. The Bertz CT molecular complexity index is 1180. The van der Waals surface area contributed by atoms with Gasteiger partial charge in [-0.1, -0.05) is 31.6 Å². The monoisotopic (exact) mass is 588 g/mol. The number of hydrogen-bond donors (Lipinski definition) is 3. The molecule has 3 rings (SSSR count). The standard InChI is InChI=1S/C32H46F2N4O4/c1-5-9-37(10-6-2)30(41)24-12-21(3)17-32(18-24,31(35)42)28(15-23-13-25(33)16-26(34)14-23)29(40)19-36-27-8-7-11-38(20-27)22(4)39/h12-14,16-17,27-29,36,40H,5-11,15,18-20H2,1-4H3,(H2,35,42)/t27?,28-,29+,32?/m1/s1. The van der Waals surface area contributed by atoms with E-state index in [4.69, 9.17) is 5.73 Å². The minimum atomic E-state index is -1.49. The number of carbonyl (C=O) groups excluding carboxylic acids is 3. The second-order valence-corrected chi connectivity index (χ2v) is 11.8. The highest BCUT2D eigenvalue weighted by molar-refractivity contribution is 5.97. The lowest BCUT2D eigenvalue weighted by Gasteiger charge is -2.42. The number of nitrogens with one attached hydrogen (secondary N) is 1. The molecule has 0 saturated carbocycles. The molecular formula is C32H46F2N4O4. The summed E-state index contributed by atoms with van der Waals surface area (Å²) in [5.74, 6) is -3.37. The van der Waals surface area contributed by atoms with Crippen LogP contribution in [0.3, 0.4) is 0 Å². The van der Waals surface area contributed by atoms with E-state index in [-0.39, 0.29) is 42.8 Å². The number of benzene rings is 1. The van der Waals surface area contributed by atoms with Crippen LogP contribution in [0.4, 0.5) is 8.78 Å². The van der Waals surface area contributed by atoms with Gasteiger partial charge in [-0.3, -0.25) is 14.4 Å². The zero-order valence-corrected chi connectivity index (χ0v) is 25.3. The number of likely N-dealkylation sites (tertiary alicyclic amines) is 1. The average Bonchev–Trinajstić information content (AvgIpc) is 2.93. The Labute approximate surface area is 248 Å². The molecule has 232 valence electrons. The van der Waals surface area contributed by atoms with Crippen molar-refractivity contribution in [1.29, 1.82) is 0 Å². The summed E-state index contributed by atoms with van der Waals surface area (Å²) in [7, 11) is 0. The highest BCUT2D eigenvalue weighted by Gasteiger charge is 2.48. The van der Waals surface area contributed by atoms with Gasteiger partial charge in [0.05, 0.1) is 11.5 Å². The first kappa shape index (κ1) is 33.4. The largest absolute Gasteiger partial charge is 0.391 e. The molecule has 1 aliphatic carbocycles. The molecule has 1 heterocycles. The van der Waals surface area contributed by atoms with Gasteiger partial charge in [-0.15, -0.1) is 0 Å². The topological polar surface area (TPSA) is 116 Å². The SMILES string of the molecule is CCCN(CCC)C(=O)C1=CC(C)=CC(C(N)=O)([C@H](Cc2cc(F)cc(F)c2)[C@@H](O)CNC2CCCN(C(C)=O)C2)C1. The van der Waals surface area contributed by atoms with Crippen molar-refractivity contribution < 1.29 is 28.3 Å². The zero-order valence-electron chi connectivity index (χ0n) is 25.3. The molecule has 1 aromatic rings. The summed E-state index contributed by atoms with van der Waals surface area (Å²) in [5.41, 5.74) is 5.94. The Hall–Kier alpha value is -3.11. The Kier molecular flexibility index (Phi) is 11.8. The maximum Gasteiger partial charge on any atom is 0.249 e. The quantitative estimate of drug-likeness (QED) is 0.326. The summed E-state index contributed by atoms with van der Waals surface area (Å²) in [6.07, 6.45) is 5.35. The first-order chi connectivity index (χ1) is 19.9. The fourth-order valence-corrected chi connectivity index (χ4v) is 6.42. The van der Waals surface area contributed by atoms with Crippen molar-refractivity contribution in [3.05, 3.63) is 58.7 Å². The smallest absolute Gasteiger partial charge is 0.249 e. The van der Waals surface area contributed by atoms with Crippen molar-refractivity contribution >= 4 is 17.7 Å². The van der Waals surface area contributed by atoms with E-state index in [1.54, 1.807) is 28.9 Å². The molecular weight excluding hydrogens is 542 g/mol. The molecule has 0 aromatic heterocycles. The van der Waals surface area contributed by atoms with Gasteiger partial charge in [-0.05, 0) is 63.1 Å². The zero-order chi connectivity index (χ0) is 31.0. The second kappa shape index (κ2) is 14.9. The Morgan fingerprint density at radius 1 is 1.17 bits per heavy atom. The van der Waals surface area contributed by atoms with Crippen LogP contribution in [0.5, 0.6) is 0 Å². The number of nitrogens with two attached hydrogens (primary N) is 1. The lowest BCUT2D eigenvalue weighted by molar-refractivity contribution is -0.133. The van der Waals surface area contributed by atoms with Crippen molar-refractivity contribution in [2.75, 3.05) is 32.7 Å². The molecule has 3 amide bonds. The highest BCUT2D eigenvalue weighted by Crippen LogP contribution is 2.44. The number of piperidine rings is 1. The predicted molar refractivity (Wildman–Crippen MR) is 158 cm³/mol. The van der Waals surface area contributed by atoms with Crippen molar-refractivity contribution in [3.63, 3.8) is 0 Å². The first-order valence-corrected chi connectivity index (χ1v) is 15.0. The summed E-state index contributed by atoms with van der Waals surface area (Å²) in [5, 5.41) is 15.0. The highest BCUT2D eigenvalue weighted by atomic mass is 19.1. The number of aliphatic hydroxyl groups excluding tert-OH is 1. The number of amides is 3. The van der Waals surface area contributed by atoms with Gasteiger partial charge >= 0.3 is 0 Å². The average molecular weight is 589 g/mol. The summed E-state index contributed by atoms with van der Waals surface area (Å²) >= 11 is 0. The molecule has 1 aliphatic heterocycles. The van der Waals surface area contributed by atoms with E-state index in [1.165, 1.54) is 19.1 Å².